The highest BCUT2D eigenvalue weighted by molar-refractivity contribution is 14.1. The highest BCUT2D eigenvalue weighted by Gasteiger charge is 2.12. The minimum Gasteiger partial charge on any atom is -0.322 e. The molecule has 0 fully saturated rings. The second-order valence-corrected chi connectivity index (χ2v) is 6.03. The largest absolute Gasteiger partial charge is 0.322 e. The van der Waals surface area contributed by atoms with Gasteiger partial charge >= 0.3 is 0 Å². The number of amides is 1. The third kappa shape index (κ3) is 3.33. The predicted octanol–water partition coefficient (Wildman–Crippen LogP) is 4.75. The Morgan fingerprint density at radius 3 is 2.68 bits per heavy atom. The van der Waals surface area contributed by atoms with Gasteiger partial charge in [-0.05, 0) is 75.3 Å². The van der Waals surface area contributed by atoms with E-state index in [0.717, 1.165) is 9.13 Å². The molecule has 0 saturated heterocycles. The van der Waals surface area contributed by atoms with Crippen molar-refractivity contribution in [1.29, 1.82) is 0 Å². The maximum Gasteiger partial charge on any atom is 0.256 e. The molecule has 2 nitrogen and oxygen atoms in total. The number of rotatable bonds is 2. The smallest absolute Gasteiger partial charge is 0.256 e. The van der Waals surface area contributed by atoms with E-state index in [2.05, 4.69) is 43.8 Å². The molecule has 0 heterocycles. The molecule has 0 unspecified atom stereocenters. The summed E-state index contributed by atoms with van der Waals surface area (Å²) in [5, 5.41) is 2.73. The molecule has 1 N–H and O–H groups in total. The molecule has 0 aromatic heterocycles. The molecular weight excluding hydrogens is 424 g/mol. The van der Waals surface area contributed by atoms with Gasteiger partial charge in [-0.15, -0.1) is 0 Å². The zero-order valence-corrected chi connectivity index (χ0v) is 13.7. The number of nitrogens with one attached hydrogen (secondary N) is 1. The molecule has 0 aliphatic rings. The predicted molar refractivity (Wildman–Crippen MR) is 85.9 cm³/mol. The minimum atomic E-state index is -0.399. The van der Waals surface area contributed by atoms with Crippen LogP contribution in [-0.2, 0) is 0 Å². The van der Waals surface area contributed by atoms with E-state index >= 15 is 0 Å². The van der Waals surface area contributed by atoms with Gasteiger partial charge in [0.1, 0.15) is 5.82 Å². The van der Waals surface area contributed by atoms with Crippen LogP contribution in [0, 0.1) is 16.3 Å². The molecule has 5 heteroatoms. The molecule has 1 amide bonds. The molecule has 0 saturated carbocycles. The van der Waals surface area contributed by atoms with E-state index in [1.807, 2.05) is 19.1 Å². The number of carbonyl (C=O) groups is 1. The van der Waals surface area contributed by atoms with Crippen molar-refractivity contribution in [2.45, 2.75) is 6.92 Å². The Hall–Kier alpha value is -0.950. The summed E-state index contributed by atoms with van der Waals surface area (Å²) in [6.07, 6.45) is 0. The van der Waals surface area contributed by atoms with Gasteiger partial charge in [0.2, 0.25) is 0 Å². The third-order valence-corrected chi connectivity index (χ3v) is 4.18. The summed E-state index contributed by atoms with van der Waals surface area (Å²) < 4.78 is 14.7. The van der Waals surface area contributed by atoms with E-state index < -0.39 is 5.82 Å². The Morgan fingerprint density at radius 1 is 1.32 bits per heavy atom. The number of halogens is 3. The van der Waals surface area contributed by atoms with E-state index in [4.69, 9.17) is 0 Å². The van der Waals surface area contributed by atoms with Gasteiger partial charge in [-0.2, -0.15) is 0 Å². The summed E-state index contributed by atoms with van der Waals surface area (Å²) in [4.78, 5) is 12.1. The molecule has 0 bridgehead atoms. The number of hydrogen-bond acceptors (Lipinski definition) is 1. The van der Waals surface area contributed by atoms with Crippen LogP contribution in [0.4, 0.5) is 10.1 Å². The van der Waals surface area contributed by atoms with E-state index in [0.29, 0.717) is 15.7 Å². The second-order valence-electron chi connectivity index (χ2n) is 4.02. The Morgan fingerprint density at radius 2 is 2.00 bits per heavy atom. The van der Waals surface area contributed by atoms with Crippen LogP contribution in [0.25, 0.3) is 0 Å². The first-order chi connectivity index (χ1) is 8.99. The van der Waals surface area contributed by atoms with E-state index in [9.17, 15) is 9.18 Å². The fourth-order valence-corrected chi connectivity index (χ4v) is 2.71. The van der Waals surface area contributed by atoms with Crippen LogP contribution < -0.4 is 5.32 Å². The first-order valence-electron chi connectivity index (χ1n) is 5.50. The molecule has 2 aromatic rings. The Kier molecular flexibility index (Phi) is 4.57. The van der Waals surface area contributed by atoms with Crippen LogP contribution in [-0.4, -0.2) is 5.91 Å². The Bertz CT molecular complexity index is 645. The molecule has 2 aromatic carbocycles. The van der Waals surface area contributed by atoms with E-state index in [1.54, 1.807) is 18.2 Å². The average Bonchev–Trinajstić information content (AvgIpc) is 2.36. The summed E-state index contributed by atoms with van der Waals surface area (Å²) in [6, 6.07) is 10.2. The SMILES string of the molecule is Cc1cc(Br)c(F)cc1NC(=O)c1ccccc1I. The maximum atomic E-state index is 13.5. The lowest BCUT2D eigenvalue weighted by molar-refractivity contribution is 0.102. The van der Waals surface area contributed by atoms with Gasteiger partial charge in [0.25, 0.3) is 5.91 Å². The highest BCUT2D eigenvalue weighted by atomic mass is 127. The lowest BCUT2D eigenvalue weighted by Gasteiger charge is -2.10. The van der Waals surface area contributed by atoms with Crippen LogP contribution in [0.1, 0.15) is 15.9 Å². The van der Waals surface area contributed by atoms with Crippen molar-refractivity contribution in [1.82, 2.24) is 0 Å². The molecule has 0 radical (unpaired) electrons. The lowest BCUT2D eigenvalue weighted by atomic mass is 10.1. The average molecular weight is 434 g/mol. The standard InChI is InChI=1S/C14H10BrFINO/c1-8-6-10(15)11(16)7-13(8)18-14(19)9-4-2-3-5-12(9)17/h2-7H,1H3,(H,18,19). The quantitative estimate of drug-likeness (QED) is 0.680. The van der Waals surface area contributed by atoms with Gasteiger partial charge in [-0.1, -0.05) is 12.1 Å². The molecule has 0 spiro atoms. The monoisotopic (exact) mass is 433 g/mol. The first-order valence-corrected chi connectivity index (χ1v) is 7.37. The van der Waals surface area contributed by atoms with Crippen LogP contribution >= 0.6 is 38.5 Å². The molecule has 0 aliphatic carbocycles. The van der Waals surface area contributed by atoms with Crippen molar-refractivity contribution in [2.24, 2.45) is 0 Å². The van der Waals surface area contributed by atoms with Gasteiger partial charge in [0.05, 0.1) is 10.0 Å². The van der Waals surface area contributed by atoms with Gasteiger partial charge in [0, 0.05) is 9.26 Å². The van der Waals surface area contributed by atoms with Crippen molar-refractivity contribution in [2.75, 3.05) is 5.32 Å². The van der Waals surface area contributed by atoms with Gasteiger partial charge < -0.3 is 5.32 Å². The van der Waals surface area contributed by atoms with Crippen molar-refractivity contribution >= 4 is 50.1 Å². The molecular formula is C14H10BrFINO. The lowest BCUT2D eigenvalue weighted by Crippen LogP contribution is -2.14. The Balaban J connectivity index is 2.30. The van der Waals surface area contributed by atoms with Crippen molar-refractivity contribution in [3.63, 3.8) is 0 Å². The van der Waals surface area contributed by atoms with Crippen LogP contribution in [0.2, 0.25) is 0 Å². The van der Waals surface area contributed by atoms with Gasteiger partial charge in [-0.3, -0.25) is 4.79 Å². The normalized spacial score (nSPS) is 10.3. The summed E-state index contributed by atoms with van der Waals surface area (Å²) in [6.45, 7) is 1.82. The summed E-state index contributed by atoms with van der Waals surface area (Å²) in [7, 11) is 0. The van der Waals surface area contributed by atoms with Gasteiger partial charge in [-0.25, -0.2) is 4.39 Å². The first kappa shape index (κ1) is 14.5. The molecule has 0 aliphatic heterocycles. The zero-order chi connectivity index (χ0) is 14.0. The van der Waals surface area contributed by atoms with Crippen molar-refractivity contribution in [3.8, 4) is 0 Å². The van der Waals surface area contributed by atoms with Gasteiger partial charge in [0.15, 0.2) is 0 Å². The number of hydrogen-bond donors (Lipinski definition) is 1. The fraction of sp³-hybridized carbons (Fsp3) is 0.0714. The molecule has 98 valence electrons. The number of anilines is 1. The van der Waals surface area contributed by atoms with Crippen LogP contribution in [0.15, 0.2) is 40.9 Å². The Labute approximate surface area is 132 Å². The van der Waals surface area contributed by atoms with Crippen molar-refractivity contribution in [3.05, 3.63) is 61.4 Å². The number of benzene rings is 2. The minimum absolute atomic E-state index is 0.241. The highest BCUT2D eigenvalue weighted by Crippen LogP contribution is 2.24. The number of carbonyl (C=O) groups excluding carboxylic acids is 1. The van der Waals surface area contributed by atoms with Crippen LogP contribution in [0.3, 0.4) is 0 Å². The van der Waals surface area contributed by atoms with E-state index in [-0.39, 0.29) is 5.91 Å². The molecule has 19 heavy (non-hydrogen) atoms. The summed E-state index contributed by atoms with van der Waals surface area (Å²) in [5.74, 6) is -0.640. The van der Waals surface area contributed by atoms with Crippen LogP contribution in [0.5, 0.6) is 0 Å². The summed E-state index contributed by atoms with van der Waals surface area (Å²) >= 11 is 5.21. The maximum absolute atomic E-state index is 13.5. The zero-order valence-electron chi connectivity index (χ0n) is 10.0. The second kappa shape index (κ2) is 6.00. The molecule has 2 rings (SSSR count). The third-order valence-electron chi connectivity index (χ3n) is 2.63. The topological polar surface area (TPSA) is 29.1 Å². The molecule has 0 atom stereocenters. The fourth-order valence-electron chi connectivity index (χ4n) is 1.62. The van der Waals surface area contributed by atoms with Crippen molar-refractivity contribution < 1.29 is 9.18 Å². The van der Waals surface area contributed by atoms with E-state index in [1.165, 1.54) is 6.07 Å². The summed E-state index contributed by atoms with van der Waals surface area (Å²) in [5.41, 5.74) is 1.85. The number of aryl methyl sites for hydroxylation is 1.